The predicted octanol–water partition coefficient (Wildman–Crippen LogP) is 5.85. The average molecular weight is 440 g/mol. The summed E-state index contributed by atoms with van der Waals surface area (Å²) in [5, 5.41) is 2.84. The molecule has 0 aromatic heterocycles. The fourth-order valence-electron chi connectivity index (χ4n) is 2.55. The van der Waals surface area contributed by atoms with Gasteiger partial charge < -0.3 is 14.8 Å². The zero-order chi connectivity index (χ0) is 21.3. The van der Waals surface area contributed by atoms with Gasteiger partial charge in [-0.05, 0) is 24.3 Å². The first kappa shape index (κ1) is 21.8. The van der Waals surface area contributed by atoms with Crippen molar-refractivity contribution in [1.29, 1.82) is 0 Å². The lowest BCUT2D eigenvalue weighted by Crippen LogP contribution is -2.09. The van der Waals surface area contributed by atoms with E-state index in [4.69, 9.17) is 9.47 Å². The van der Waals surface area contributed by atoms with Gasteiger partial charge in [0.05, 0.1) is 5.69 Å². The van der Waals surface area contributed by atoms with E-state index in [9.17, 15) is 9.59 Å². The molecule has 0 atom stereocenters. The second kappa shape index (κ2) is 10.8. The topological polar surface area (TPSA) is 64.6 Å². The van der Waals surface area contributed by atoms with Gasteiger partial charge in [0.2, 0.25) is 5.91 Å². The van der Waals surface area contributed by atoms with Crippen molar-refractivity contribution in [3.63, 3.8) is 0 Å². The number of thioether (sulfide) groups is 1. The fourth-order valence-corrected chi connectivity index (χ4v) is 4.16. The number of ether oxygens (including phenoxy) is 2. The van der Waals surface area contributed by atoms with E-state index in [0.717, 1.165) is 14.7 Å². The van der Waals surface area contributed by atoms with Crippen molar-refractivity contribution in [3.8, 4) is 11.5 Å². The van der Waals surface area contributed by atoms with Crippen LogP contribution in [-0.4, -0.2) is 17.8 Å². The number of anilines is 1. The van der Waals surface area contributed by atoms with Gasteiger partial charge in [-0.2, -0.15) is 0 Å². The van der Waals surface area contributed by atoms with E-state index in [2.05, 4.69) is 5.32 Å². The molecule has 0 spiro atoms. The second-order valence-corrected chi connectivity index (χ2v) is 8.32. The summed E-state index contributed by atoms with van der Waals surface area (Å²) in [6.07, 6.45) is 0. The Labute approximate surface area is 184 Å². The van der Waals surface area contributed by atoms with Crippen molar-refractivity contribution in [1.82, 2.24) is 0 Å². The van der Waals surface area contributed by atoms with E-state index >= 15 is 0 Å². The molecule has 0 aliphatic carbocycles. The van der Waals surface area contributed by atoms with Crippen molar-refractivity contribution in [2.75, 3.05) is 11.3 Å². The highest BCUT2D eigenvalue weighted by Crippen LogP contribution is 2.42. The minimum atomic E-state index is -0.446. The first-order chi connectivity index (χ1) is 14.5. The van der Waals surface area contributed by atoms with Crippen LogP contribution in [0.1, 0.15) is 13.8 Å². The maximum atomic E-state index is 11.7. The van der Waals surface area contributed by atoms with Gasteiger partial charge in [0.1, 0.15) is 5.94 Å². The first-order valence-electron chi connectivity index (χ1n) is 9.19. The Bertz CT molecular complexity index is 1010. The van der Waals surface area contributed by atoms with Crippen molar-refractivity contribution >= 4 is 41.1 Å². The van der Waals surface area contributed by atoms with E-state index in [1.807, 2.05) is 60.7 Å². The standard InChI is InChI=1S/C23H21NO4S2/c1-16(25)24-20-13-21(27-15-29-18-9-5-3-6-10-18)22(28-17(2)26)14-23(20)30-19-11-7-4-8-12-19/h3-14H,15H2,1-2H3,(H,24,25). The Hall–Kier alpha value is -2.90. The summed E-state index contributed by atoms with van der Waals surface area (Å²) >= 11 is 2.97. The molecular weight excluding hydrogens is 418 g/mol. The number of esters is 1. The van der Waals surface area contributed by atoms with E-state index in [0.29, 0.717) is 23.1 Å². The molecule has 3 rings (SSSR count). The summed E-state index contributed by atoms with van der Waals surface area (Å²) in [4.78, 5) is 26.2. The number of rotatable bonds is 8. The summed E-state index contributed by atoms with van der Waals surface area (Å²) in [6, 6.07) is 23.0. The molecular formula is C23H21NO4S2. The number of carbonyl (C=O) groups excluding carboxylic acids is 2. The minimum absolute atomic E-state index is 0.199. The molecule has 3 aromatic carbocycles. The van der Waals surface area contributed by atoms with E-state index < -0.39 is 5.97 Å². The highest BCUT2D eigenvalue weighted by molar-refractivity contribution is 7.99. The van der Waals surface area contributed by atoms with Crippen molar-refractivity contribution < 1.29 is 19.1 Å². The molecule has 154 valence electrons. The Morgan fingerprint density at radius 3 is 2.10 bits per heavy atom. The summed E-state index contributed by atoms with van der Waals surface area (Å²) in [5.74, 6) is 0.370. The van der Waals surface area contributed by atoms with Crippen LogP contribution in [0, 0.1) is 0 Å². The summed E-state index contributed by atoms with van der Waals surface area (Å²) in [6.45, 7) is 2.79. The summed E-state index contributed by atoms with van der Waals surface area (Å²) < 4.78 is 11.3. The molecule has 0 heterocycles. The zero-order valence-corrected chi connectivity index (χ0v) is 18.2. The molecule has 0 radical (unpaired) electrons. The molecule has 0 aliphatic heterocycles. The van der Waals surface area contributed by atoms with Gasteiger partial charge in [-0.25, -0.2) is 0 Å². The van der Waals surface area contributed by atoms with Gasteiger partial charge in [0.15, 0.2) is 11.5 Å². The van der Waals surface area contributed by atoms with Crippen molar-refractivity contribution in [3.05, 3.63) is 72.8 Å². The molecule has 0 saturated carbocycles. The number of hydrogen-bond donors (Lipinski definition) is 1. The maximum Gasteiger partial charge on any atom is 0.308 e. The fraction of sp³-hybridized carbons (Fsp3) is 0.130. The Morgan fingerprint density at radius 1 is 0.867 bits per heavy atom. The highest BCUT2D eigenvalue weighted by Gasteiger charge is 2.16. The van der Waals surface area contributed by atoms with Crippen LogP contribution in [0.4, 0.5) is 5.69 Å². The molecule has 0 unspecified atom stereocenters. The average Bonchev–Trinajstić information content (AvgIpc) is 2.71. The van der Waals surface area contributed by atoms with Crippen LogP contribution < -0.4 is 14.8 Å². The lowest BCUT2D eigenvalue weighted by Gasteiger charge is -2.16. The van der Waals surface area contributed by atoms with Crippen LogP contribution in [0.3, 0.4) is 0 Å². The Kier molecular flexibility index (Phi) is 7.82. The zero-order valence-electron chi connectivity index (χ0n) is 16.6. The monoisotopic (exact) mass is 439 g/mol. The van der Waals surface area contributed by atoms with Crippen LogP contribution in [0.15, 0.2) is 87.5 Å². The number of amides is 1. The quantitative estimate of drug-likeness (QED) is 0.206. The lowest BCUT2D eigenvalue weighted by molar-refractivity contribution is -0.132. The molecule has 30 heavy (non-hydrogen) atoms. The van der Waals surface area contributed by atoms with Crippen LogP contribution in [0.5, 0.6) is 11.5 Å². The largest absolute Gasteiger partial charge is 0.479 e. The van der Waals surface area contributed by atoms with Gasteiger partial charge in [-0.1, -0.05) is 59.9 Å². The summed E-state index contributed by atoms with van der Waals surface area (Å²) in [5.41, 5.74) is 0.590. The number of benzene rings is 3. The third-order valence-corrected chi connectivity index (χ3v) is 5.67. The first-order valence-corrected chi connectivity index (χ1v) is 11.0. The van der Waals surface area contributed by atoms with Gasteiger partial charge in [-0.15, -0.1) is 0 Å². The van der Waals surface area contributed by atoms with Crippen LogP contribution in [0.25, 0.3) is 0 Å². The maximum absolute atomic E-state index is 11.7. The SMILES string of the molecule is CC(=O)Nc1cc(OCSc2ccccc2)c(OC(C)=O)cc1Sc1ccccc1. The number of carbonyl (C=O) groups is 2. The molecule has 0 fully saturated rings. The van der Waals surface area contributed by atoms with Crippen LogP contribution in [0.2, 0.25) is 0 Å². The van der Waals surface area contributed by atoms with Crippen LogP contribution >= 0.6 is 23.5 Å². The van der Waals surface area contributed by atoms with Crippen LogP contribution in [-0.2, 0) is 9.59 Å². The van der Waals surface area contributed by atoms with Gasteiger partial charge in [-0.3, -0.25) is 9.59 Å². The third-order valence-electron chi connectivity index (χ3n) is 3.76. The third kappa shape index (κ3) is 6.57. The van der Waals surface area contributed by atoms with Gasteiger partial charge >= 0.3 is 5.97 Å². The van der Waals surface area contributed by atoms with Crippen molar-refractivity contribution in [2.45, 2.75) is 28.5 Å². The lowest BCUT2D eigenvalue weighted by atomic mass is 10.2. The van der Waals surface area contributed by atoms with Crippen molar-refractivity contribution in [2.24, 2.45) is 0 Å². The number of nitrogens with one attached hydrogen (secondary N) is 1. The van der Waals surface area contributed by atoms with E-state index in [-0.39, 0.29) is 5.91 Å². The molecule has 1 amide bonds. The summed E-state index contributed by atoms with van der Waals surface area (Å²) in [7, 11) is 0. The smallest absolute Gasteiger partial charge is 0.308 e. The Morgan fingerprint density at radius 2 is 1.50 bits per heavy atom. The normalized spacial score (nSPS) is 10.3. The molecule has 0 aliphatic rings. The molecule has 7 heteroatoms. The van der Waals surface area contributed by atoms with E-state index in [1.54, 1.807) is 12.1 Å². The molecule has 5 nitrogen and oxygen atoms in total. The highest BCUT2D eigenvalue weighted by atomic mass is 32.2. The molecule has 0 bridgehead atoms. The second-order valence-electron chi connectivity index (χ2n) is 6.20. The molecule has 3 aromatic rings. The molecule has 0 saturated heterocycles. The Balaban J connectivity index is 1.88. The molecule has 1 N–H and O–H groups in total. The van der Waals surface area contributed by atoms with E-state index in [1.165, 1.54) is 37.4 Å². The number of hydrogen-bond acceptors (Lipinski definition) is 6. The van der Waals surface area contributed by atoms with Gasteiger partial charge in [0.25, 0.3) is 0 Å². The van der Waals surface area contributed by atoms with Gasteiger partial charge in [0, 0.05) is 40.7 Å². The predicted molar refractivity (Wildman–Crippen MR) is 120 cm³/mol. The minimum Gasteiger partial charge on any atom is -0.479 e.